The van der Waals surface area contributed by atoms with Crippen LogP contribution < -0.4 is 10.2 Å². The summed E-state index contributed by atoms with van der Waals surface area (Å²) in [6.07, 6.45) is 1.64. The fourth-order valence-corrected chi connectivity index (χ4v) is 1.52. The van der Waals surface area contributed by atoms with Crippen LogP contribution in [0.3, 0.4) is 0 Å². The van der Waals surface area contributed by atoms with Crippen molar-refractivity contribution in [1.29, 1.82) is 0 Å². The molecule has 0 aliphatic carbocycles. The zero-order valence-corrected chi connectivity index (χ0v) is 11.4. The Morgan fingerprint density at radius 2 is 2.05 bits per heavy atom. The molecular formula is C15H14FN3O2. The molecule has 0 bridgehead atoms. The first-order valence-corrected chi connectivity index (χ1v) is 6.28. The highest BCUT2D eigenvalue weighted by atomic mass is 19.1. The summed E-state index contributed by atoms with van der Waals surface area (Å²) in [6.45, 7) is 1.40. The smallest absolute Gasteiger partial charge is 0.277 e. The van der Waals surface area contributed by atoms with Gasteiger partial charge in [-0.25, -0.2) is 9.82 Å². The molecule has 1 heterocycles. The number of carbonyl (C=O) groups excluding carboxylic acids is 1. The molecule has 0 saturated carbocycles. The van der Waals surface area contributed by atoms with Gasteiger partial charge in [0.2, 0.25) is 0 Å². The van der Waals surface area contributed by atoms with Gasteiger partial charge in [0.15, 0.2) is 18.2 Å². The Bertz CT molecular complexity index is 644. The largest absolute Gasteiger partial charge is 0.481 e. The second-order valence-electron chi connectivity index (χ2n) is 4.17. The lowest BCUT2D eigenvalue weighted by Crippen LogP contribution is -2.25. The number of nitrogens with zero attached hydrogens (tertiary/aromatic N) is 2. The van der Waals surface area contributed by atoms with Gasteiger partial charge in [-0.05, 0) is 31.2 Å². The Balaban J connectivity index is 1.87. The van der Waals surface area contributed by atoms with Crippen LogP contribution in [0.4, 0.5) is 4.39 Å². The Morgan fingerprint density at radius 1 is 1.29 bits per heavy atom. The number of halogens is 1. The second-order valence-corrected chi connectivity index (χ2v) is 4.17. The van der Waals surface area contributed by atoms with E-state index in [0.717, 1.165) is 0 Å². The Hall–Kier alpha value is -2.76. The van der Waals surface area contributed by atoms with E-state index in [4.69, 9.17) is 4.74 Å². The topological polar surface area (TPSA) is 63.6 Å². The van der Waals surface area contributed by atoms with E-state index in [9.17, 15) is 9.18 Å². The summed E-state index contributed by atoms with van der Waals surface area (Å²) in [5.41, 5.74) is 3.56. The SMILES string of the molecule is C/C(=N/NC(=O)COc1ccccc1F)c1ccccn1. The predicted molar refractivity (Wildman–Crippen MR) is 76.5 cm³/mol. The van der Waals surface area contributed by atoms with Crippen LogP contribution in [0, 0.1) is 5.82 Å². The van der Waals surface area contributed by atoms with Crippen LogP contribution in [0.5, 0.6) is 5.75 Å². The van der Waals surface area contributed by atoms with E-state index >= 15 is 0 Å². The summed E-state index contributed by atoms with van der Waals surface area (Å²) in [5.74, 6) is -0.968. The van der Waals surface area contributed by atoms with Gasteiger partial charge in [0.25, 0.3) is 5.91 Å². The van der Waals surface area contributed by atoms with Gasteiger partial charge in [-0.15, -0.1) is 0 Å². The fourth-order valence-electron chi connectivity index (χ4n) is 1.52. The summed E-state index contributed by atoms with van der Waals surface area (Å²) in [4.78, 5) is 15.7. The molecule has 0 unspecified atom stereocenters. The molecule has 1 aromatic heterocycles. The molecule has 21 heavy (non-hydrogen) atoms. The summed E-state index contributed by atoms with van der Waals surface area (Å²) < 4.78 is 18.3. The normalized spacial score (nSPS) is 11.0. The van der Waals surface area contributed by atoms with Crippen LogP contribution in [0.25, 0.3) is 0 Å². The molecule has 1 aromatic carbocycles. The maximum Gasteiger partial charge on any atom is 0.277 e. The molecule has 5 nitrogen and oxygen atoms in total. The number of carbonyl (C=O) groups is 1. The van der Waals surface area contributed by atoms with E-state index in [1.54, 1.807) is 37.4 Å². The molecule has 0 atom stereocenters. The fraction of sp³-hybridized carbons (Fsp3) is 0.133. The average molecular weight is 287 g/mol. The number of hydrogen-bond donors (Lipinski definition) is 1. The molecule has 0 aliphatic heterocycles. The third-order valence-corrected chi connectivity index (χ3v) is 2.58. The van der Waals surface area contributed by atoms with Crippen molar-refractivity contribution < 1.29 is 13.9 Å². The number of nitrogens with one attached hydrogen (secondary N) is 1. The van der Waals surface area contributed by atoms with Gasteiger partial charge in [-0.1, -0.05) is 18.2 Å². The van der Waals surface area contributed by atoms with Crippen LogP contribution in [0.2, 0.25) is 0 Å². The van der Waals surface area contributed by atoms with Crippen LogP contribution >= 0.6 is 0 Å². The van der Waals surface area contributed by atoms with Crippen molar-refractivity contribution in [3.05, 3.63) is 60.2 Å². The molecule has 2 aromatic rings. The van der Waals surface area contributed by atoms with Gasteiger partial charge in [0, 0.05) is 6.20 Å². The standard InChI is InChI=1S/C15H14FN3O2/c1-11(13-7-4-5-9-17-13)18-19-15(20)10-21-14-8-3-2-6-12(14)16/h2-9H,10H2,1H3,(H,19,20)/b18-11-. The summed E-state index contributed by atoms with van der Waals surface area (Å²) in [7, 11) is 0. The molecule has 0 saturated heterocycles. The minimum absolute atomic E-state index is 0.0260. The number of amides is 1. The highest BCUT2D eigenvalue weighted by Crippen LogP contribution is 2.14. The van der Waals surface area contributed by atoms with Crippen molar-refractivity contribution in [3.8, 4) is 5.75 Å². The van der Waals surface area contributed by atoms with Gasteiger partial charge >= 0.3 is 0 Å². The zero-order valence-electron chi connectivity index (χ0n) is 11.4. The third-order valence-electron chi connectivity index (χ3n) is 2.58. The molecule has 1 N–H and O–H groups in total. The summed E-state index contributed by atoms with van der Waals surface area (Å²) in [5, 5.41) is 3.91. The van der Waals surface area contributed by atoms with Crippen LogP contribution in [-0.2, 0) is 4.79 Å². The van der Waals surface area contributed by atoms with Crippen LogP contribution in [-0.4, -0.2) is 23.2 Å². The number of benzene rings is 1. The number of hydrazone groups is 1. The van der Waals surface area contributed by atoms with Gasteiger partial charge in [0.05, 0.1) is 11.4 Å². The Labute approximate surface area is 121 Å². The predicted octanol–water partition coefficient (Wildman–Crippen LogP) is 2.14. The van der Waals surface area contributed by atoms with Gasteiger partial charge in [0.1, 0.15) is 0 Å². The van der Waals surface area contributed by atoms with Crippen molar-refractivity contribution in [2.75, 3.05) is 6.61 Å². The minimum atomic E-state index is -0.515. The van der Waals surface area contributed by atoms with Crippen molar-refractivity contribution >= 4 is 11.6 Å². The molecule has 2 rings (SSSR count). The van der Waals surface area contributed by atoms with Gasteiger partial charge in [-0.3, -0.25) is 9.78 Å². The van der Waals surface area contributed by atoms with E-state index in [1.165, 1.54) is 12.1 Å². The highest BCUT2D eigenvalue weighted by Gasteiger charge is 2.06. The van der Waals surface area contributed by atoms with E-state index in [2.05, 4.69) is 15.5 Å². The van der Waals surface area contributed by atoms with Crippen molar-refractivity contribution in [2.24, 2.45) is 5.10 Å². The average Bonchev–Trinajstić information content (AvgIpc) is 2.52. The molecule has 0 spiro atoms. The van der Waals surface area contributed by atoms with E-state index < -0.39 is 11.7 Å². The number of aromatic nitrogens is 1. The Morgan fingerprint density at radius 3 is 2.76 bits per heavy atom. The summed E-state index contributed by atoms with van der Waals surface area (Å²) >= 11 is 0. The quantitative estimate of drug-likeness (QED) is 0.677. The lowest BCUT2D eigenvalue weighted by atomic mass is 10.3. The molecule has 0 radical (unpaired) electrons. The number of pyridine rings is 1. The monoisotopic (exact) mass is 287 g/mol. The van der Waals surface area contributed by atoms with Crippen molar-refractivity contribution in [1.82, 2.24) is 10.4 Å². The second kappa shape index (κ2) is 7.14. The molecule has 108 valence electrons. The third kappa shape index (κ3) is 4.38. The zero-order chi connectivity index (χ0) is 15.1. The Kier molecular flexibility index (Phi) is 4.98. The first-order chi connectivity index (χ1) is 10.2. The number of para-hydroxylation sites is 1. The lowest BCUT2D eigenvalue weighted by molar-refractivity contribution is -0.123. The lowest BCUT2D eigenvalue weighted by Gasteiger charge is -2.06. The summed E-state index contributed by atoms with van der Waals surface area (Å²) in [6, 6.07) is 11.3. The van der Waals surface area contributed by atoms with E-state index in [-0.39, 0.29) is 12.4 Å². The van der Waals surface area contributed by atoms with Crippen LogP contribution in [0.15, 0.2) is 53.8 Å². The van der Waals surface area contributed by atoms with Gasteiger partial charge < -0.3 is 4.74 Å². The molecule has 0 aliphatic rings. The highest BCUT2D eigenvalue weighted by molar-refractivity contribution is 5.97. The van der Waals surface area contributed by atoms with Crippen molar-refractivity contribution in [3.63, 3.8) is 0 Å². The van der Waals surface area contributed by atoms with E-state index in [1.807, 2.05) is 6.07 Å². The van der Waals surface area contributed by atoms with Crippen molar-refractivity contribution in [2.45, 2.75) is 6.92 Å². The first kappa shape index (κ1) is 14.6. The van der Waals surface area contributed by atoms with Gasteiger partial charge in [-0.2, -0.15) is 5.10 Å². The maximum absolute atomic E-state index is 13.3. The number of hydrogen-bond acceptors (Lipinski definition) is 4. The van der Waals surface area contributed by atoms with E-state index in [0.29, 0.717) is 11.4 Å². The molecular weight excluding hydrogens is 273 g/mol. The first-order valence-electron chi connectivity index (χ1n) is 6.28. The van der Waals surface area contributed by atoms with Crippen LogP contribution in [0.1, 0.15) is 12.6 Å². The molecule has 6 heteroatoms. The molecule has 1 amide bonds. The maximum atomic E-state index is 13.3. The minimum Gasteiger partial charge on any atom is -0.481 e. The number of ether oxygens (including phenoxy) is 1. The number of rotatable bonds is 5. The molecule has 0 fully saturated rings.